The topological polar surface area (TPSA) is 108 Å². The van der Waals surface area contributed by atoms with Crippen LogP contribution in [0.5, 0.6) is 5.75 Å². The Labute approximate surface area is 122 Å². The van der Waals surface area contributed by atoms with Crippen LogP contribution in [-0.2, 0) is 20.7 Å². The number of benzene rings is 1. The van der Waals surface area contributed by atoms with Gasteiger partial charge in [-0.2, -0.15) is 0 Å². The molecule has 0 aliphatic rings. The number of nitrogens with two attached hydrogens (primary N) is 1. The summed E-state index contributed by atoms with van der Waals surface area (Å²) in [6.45, 7) is 3.24. The summed E-state index contributed by atoms with van der Waals surface area (Å²) < 4.78 is 10.1. The number of rotatable bonds is 5. The number of carbonyl (C=O) groups excluding carboxylic acids is 3. The van der Waals surface area contributed by atoms with Crippen LogP contribution in [0.1, 0.15) is 18.1 Å². The number of amides is 3. The largest absolute Gasteiger partial charge is 0.496 e. The van der Waals surface area contributed by atoms with Crippen molar-refractivity contribution in [3.05, 3.63) is 29.3 Å². The van der Waals surface area contributed by atoms with Crippen LogP contribution in [0, 0.1) is 6.92 Å². The summed E-state index contributed by atoms with van der Waals surface area (Å²) in [4.78, 5) is 33.8. The van der Waals surface area contributed by atoms with E-state index >= 15 is 0 Å². The van der Waals surface area contributed by atoms with Crippen molar-refractivity contribution in [1.82, 2.24) is 5.32 Å². The van der Waals surface area contributed by atoms with Gasteiger partial charge < -0.3 is 15.2 Å². The molecular formula is C14H18N2O5. The van der Waals surface area contributed by atoms with E-state index in [0.29, 0.717) is 11.3 Å². The molecule has 0 heterocycles. The number of ether oxygens (including phenoxy) is 2. The summed E-state index contributed by atoms with van der Waals surface area (Å²) in [5, 5.41) is 1.84. The third-order valence-electron chi connectivity index (χ3n) is 2.69. The molecule has 0 aromatic heterocycles. The first kappa shape index (κ1) is 16.5. The van der Waals surface area contributed by atoms with Crippen LogP contribution in [0.2, 0.25) is 0 Å². The Morgan fingerprint density at radius 3 is 2.57 bits per heavy atom. The van der Waals surface area contributed by atoms with Crippen LogP contribution in [-0.4, -0.2) is 31.1 Å². The summed E-state index contributed by atoms with van der Waals surface area (Å²) in [6, 6.07) is 4.41. The Balaban J connectivity index is 2.67. The van der Waals surface area contributed by atoms with Crippen molar-refractivity contribution in [2.75, 3.05) is 7.11 Å². The molecule has 1 rings (SSSR count). The van der Waals surface area contributed by atoms with Crippen molar-refractivity contribution < 1.29 is 23.9 Å². The standard InChI is InChI=1S/C14H18N2O5/c1-8-4-5-11(20-3)10(6-8)7-12(17)21-9(2)13(18)16-14(15)19/h4-6,9H,7H2,1-3H3,(H3,15,16,18,19)/t9-/m1/s1. The summed E-state index contributed by atoms with van der Waals surface area (Å²) >= 11 is 0. The molecule has 0 saturated heterocycles. The van der Waals surface area contributed by atoms with E-state index in [9.17, 15) is 14.4 Å². The van der Waals surface area contributed by atoms with E-state index in [4.69, 9.17) is 15.2 Å². The highest BCUT2D eigenvalue weighted by molar-refractivity contribution is 5.96. The number of methoxy groups -OCH3 is 1. The second-order valence-electron chi connectivity index (χ2n) is 4.48. The van der Waals surface area contributed by atoms with Crippen LogP contribution in [0.15, 0.2) is 18.2 Å². The predicted octanol–water partition coefficient (Wildman–Crippen LogP) is 0.673. The van der Waals surface area contributed by atoms with Crippen molar-refractivity contribution in [2.45, 2.75) is 26.4 Å². The van der Waals surface area contributed by atoms with Gasteiger partial charge in [-0.1, -0.05) is 17.7 Å². The number of nitrogens with one attached hydrogen (secondary N) is 1. The number of imide groups is 1. The summed E-state index contributed by atoms with van der Waals surface area (Å²) in [5.74, 6) is -0.815. The van der Waals surface area contributed by atoms with E-state index < -0.39 is 24.0 Å². The zero-order chi connectivity index (χ0) is 16.0. The Kier molecular flexibility index (Phi) is 5.71. The highest BCUT2D eigenvalue weighted by atomic mass is 16.5. The van der Waals surface area contributed by atoms with Gasteiger partial charge in [0.2, 0.25) is 0 Å². The predicted molar refractivity (Wildman–Crippen MR) is 74.7 cm³/mol. The van der Waals surface area contributed by atoms with E-state index in [0.717, 1.165) is 5.56 Å². The maximum atomic E-state index is 11.8. The van der Waals surface area contributed by atoms with Gasteiger partial charge in [0.05, 0.1) is 13.5 Å². The lowest BCUT2D eigenvalue weighted by atomic mass is 10.1. The monoisotopic (exact) mass is 294 g/mol. The van der Waals surface area contributed by atoms with Crippen molar-refractivity contribution in [3.8, 4) is 5.75 Å². The van der Waals surface area contributed by atoms with Gasteiger partial charge in [0.1, 0.15) is 5.75 Å². The molecule has 1 aromatic rings. The minimum absolute atomic E-state index is 0.0426. The lowest BCUT2D eigenvalue weighted by molar-refractivity contribution is -0.153. The Bertz CT molecular complexity index is 556. The van der Waals surface area contributed by atoms with Gasteiger partial charge in [-0.25, -0.2) is 4.79 Å². The zero-order valence-corrected chi connectivity index (χ0v) is 12.1. The molecule has 3 N–H and O–H groups in total. The first-order valence-corrected chi connectivity index (χ1v) is 6.26. The Morgan fingerprint density at radius 1 is 1.33 bits per heavy atom. The van der Waals surface area contributed by atoms with E-state index in [2.05, 4.69) is 0 Å². The molecule has 0 aliphatic heterocycles. The molecule has 7 nitrogen and oxygen atoms in total. The molecule has 0 spiro atoms. The molecule has 21 heavy (non-hydrogen) atoms. The second-order valence-corrected chi connectivity index (χ2v) is 4.48. The van der Waals surface area contributed by atoms with Crippen molar-refractivity contribution in [1.29, 1.82) is 0 Å². The maximum Gasteiger partial charge on any atom is 0.318 e. The van der Waals surface area contributed by atoms with Crippen LogP contribution >= 0.6 is 0 Å². The summed E-state index contributed by atoms with van der Waals surface area (Å²) in [5.41, 5.74) is 6.44. The number of urea groups is 1. The zero-order valence-electron chi connectivity index (χ0n) is 12.1. The van der Waals surface area contributed by atoms with Gasteiger partial charge in [-0.15, -0.1) is 0 Å². The van der Waals surface area contributed by atoms with E-state index in [-0.39, 0.29) is 6.42 Å². The number of esters is 1. The third-order valence-corrected chi connectivity index (χ3v) is 2.69. The molecule has 1 atom stereocenters. The van der Waals surface area contributed by atoms with Crippen molar-refractivity contribution >= 4 is 17.9 Å². The van der Waals surface area contributed by atoms with Gasteiger partial charge in [0.25, 0.3) is 5.91 Å². The molecule has 0 saturated carbocycles. The number of hydrogen-bond donors (Lipinski definition) is 2. The van der Waals surface area contributed by atoms with Gasteiger partial charge in [-0.3, -0.25) is 14.9 Å². The summed E-state index contributed by atoms with van der Waals surface area (Å²) in [6.07, 6.45) is -1.15. The fourth-order valence-electron chi connectivity index (χ4n) is 1.72. The third kappa shape index (κ3) is 5.13. The average molecular weight is 294 g/mol. The highest BCUT2D eigenvalue weighted by Gasteiger charge is 2.20. The number of carbonyl (C=O) groups is 3. The quantitative estimate of drug-likeness (QED) is 0.776. The lowest BCUT2D eigenvalue weighted by Crippen LogP contribution is -2.42. The smallest absolute Gasteiger partial charge is 0.318 e. The van der Waals surface area contributed by atoms with E-state index in [1.807, 2.05) is 18.3 Å². The summed E-state index contributed by atoms with van der Waals surface area (Å²) in [7, 11) is 1.50. The van der Waals surface area contributed by atoms with Gasteiger partial charge in [0.15, 0.2) is 6.10 Å². The van der Waals surface area contributed by atoms with E-state index in [1.54, 1.807) is 12.1 Å². The van der Waals surface area contributed by atoms with Crippen LogP contribution in [0.3, 0.4) is 0 Å². The first-order valence-electron chi connectivity index (χ1n) is 6.26. The first-order chi connectivity index (χ1) is 9.83. The Morgan fingerprint density at radius 2 is 2.00 bits per heavy atom. The van der Waals surface area contributed by atoms with Gasteiger partial charge >= 0.3 is 12.0 Å². The van der Waals surface area contributed by atoms with Crippen LogP contribution < -0.4 is 15.8 Å². The van der Waals surface area contributed by atoms with Crippen molar-refractivity contribution in [2.24, 2.45) is 5.73 Å². The van der Waals surface area contributed by atoms with Crippen LogP contribution in [0.4, 0.5) is 4.79 Å². The molecule has 0 bridgehead atoms. The molecule has 0 unspecified atom stereocenters. The highest BCUT2D eigenvalue weighted by Crippen LogP contribution is 2.20. The van der Waals surface area contributed by atoms with Crippen molar-refractivity contribution in [3.63, 3.8) is 0 Å². The minimum Gasteiger partial charge on any atom is -0.496 e. The number of hydrogen-bond acceptors (Lipinski definition) is 5. The minimum atomic E-state index is -1.11. The number of aryl methyl sites for hydroxylation is 1. The second kappa shape index (κ2) is 7.28. The molecular weight excluding hydrogens is 276 g/mol. The molecule has 0 aliphatic carbocycles. The molecule has 1 aromatic carbocycles. The molecule has 114 valence electrons. The molecule has 3 amide bonds. The molecule has 0 radical (unpaired) electrons. The normalized spacial score (nSPS) is 11.4. The average Bonchev–Trinajstić information content (AvgIpc) is 2.37. The SMILES string of the molecule is COc1ccc(C)cc1CC(=O)O[C@H](C)C(=O)NC(N)=O. The maximum absolute atomic E-state index is 11.8. The Hall–Kier alpha value is -2.57. The fraction of sp³-hybridized carbons (Fsp3) is 0.357. The lowest BCUT2D eigenvalue weighted by Gasteiger charge is -2.13. The molecule has 0 fully saturated rings. The van der Waals surface area contributed by atoms with Crippen LogP contribution in [0.25, 0.3) is 0 Å². The number of primary amides is 1. The fourth-order valence-corrected chi connectivity index (χ4v) is 1.72. The van der Waals surface area contributed by atoms with Gasteiger partial charge in [-0.05, 0) is 19.9 Å². The van der Waals surface area contributed by atoms with Gasteiger partial charge in [0, 0.05) is 5.56 Å². The van der Waals surface area contributed by atoms with E-state index in [1.165, 1.54) is 14.0 Å². The molecule has 7 heteroatoms.